The Kier molecular flexibility index (Phi) is 7.34. The lowest BCUT2D eigenvalue weighted by molar-refractivity contribution is -0.124. The molecule has 136 valence electrons. The Morgan fingerprint density at radius 3 is 2.64 bits per heavy atom. The highest BCUT2D eigenvalue weighted by Gasteiger charge is 2.25. The Bertz CT molecular complexity index is 668. The molecule has 6 nitrogen and oxygen atoms in total. The van der Waals surface area contributed by atoms with Crippen molar-refractivity contribution >= 4 is 57.4 Å². The third kappa shape index (κ3) is 5.23. The smallest absolute Gasteiger partial charge is 0.238 e. The maximum atomic E-state index is 12.1. The first kappa shape index (κ1) is 19.8. The number of rotatable bonds is 8. The number of amides is 2. The van der Waals surface area contributed by atoms with Crippen LogP contribution in [0.1, 0.15) is 19.3 Å². The molecule has 1 aliphatic rings. The topological polar surface area (TPSA) is 67.9 Å². The molecule has 2 amide bonds. The molecule has 0 atom stereocenters. The molecule has 1 fully saturated rings. The minimum atomic E-state index is -0.146. The van der Waals surface area contributed by atoms with Gasteiger partial charge in [-0.2, -0.15) is 0 Å². The van der Waals surface area contributed by atoms with E-state index in [-0.39, 0.29) is 11.8 Å². The summed E-state index contributed by atoms with van der Waals surface area (Å²) in [5, 5.41) is 3.20. The predicted octanol–water partition coefficient (Wildman–Crippen LogP) is 3.33. The van der Waals surface area contributed by atoms with Crippen LogP contribution in [-0.2, 0) is 9.59 Å². The Labute approximate surface area is 161 Å². The summed E-state index contributed by atoms with van der Waals surface area (Å²) < 4.78 is 11.0. The first-order chi connectivity index (χ1) is 12.0. The van der Waals surface area contributed by atoms with Gasteiger partial charge in [0.05, 0.1) is 30.7 Å². The zero-order chi connectivity index (χ0) is 18.4. The number of carbonyl (C=O) groups excluding carboxylic acids is 2. The molecule has 1 aliphatic heterocycles. The standard InChI is InChI=1S/C16H19ClN2O4S2/c1-22-12-8-11(13(23-2)7-10(12)17)18-14(20)5-3-4-6-19-15(21)9-25-16(19)24/h7-8H,3-6,9H2,1-2H3,(H,18,20). The number of thioether (sulfide) groups is 1. The number of thiocarbonyl (C=S) groups is 1. The monoisotopic (exact) mass is 402 g/mol. The summed E-state index contributed by atoms with van der Waals surface area (Å²) in [4.78, 5) is 25.4. The van der Waals surface area contributed by atoms with Gasteiger partial charge in [-0.3, -0.25) is 14.5 Å². The van der Waals surface area contributed by atoms with E-state index in [9.17, 15) is 9.59 Å². The predicted molar refractivity (Wildman–Crippen MR) is 104 cm³/mol. The zero-order valence-electron chi connectivity index (χ0n) is 14.0. The largest absolute Gasteiger partial charge is 0.495 e. The summed E-state index contributed by atoms with van der Waals surface area (Å²) in [7, 11) is 3.00. The van der Waals surface area contributed by atoms with Gasteiger partial charge in [0.25, 0.3) is 0 Å². The van der Waals surface area contributed by atoms with E-state index in [2.05, 4.69) is 5.32 Å². The molecule has 1 saturated heterocycles. The van der Waals surface area contributed by atoms with Crippen LogP contribution in [0.2, 0.25) is 5.02 Å². The molecule has 0 aromatic heterocycles. The summed E-state index contributed by atoms with van der Waals surface area (Å²) in [6.45, 7) is 0.552. The lowest BCUT2D eigenvalue weighted by Crippen LogP contribution is -2.29. The van der Waals surface area contributed by atoms with Gasteiger partial charge >= 0.3 is 0 Å². The van der Waals surface area contributed by atoms with Crippen molar-refractivity contribution in [2.45, 2.75) is 19.3 Å². The molecule has 9 heteroatoms. The molecule has 1 aromatic rings. The molecule has 1 heterocycles. The van der Waals surface area contributed by atoms with Crippen LogP contribution in [0, 0.1) is 0 Å². The van der Waals surface area contributed by atoms with E-state index in [4.69, 9.17) is 33.3 Å². The lowest BCUT2D eigenvalue weighted by atomic mass is 10.2. The average molecular weight is 403 g/mol. The average Bonchev–Trinajstić information content (AvgIpc) is 2.91. The van der Waals surface area contributed by atoms with Crippen molar-refractivity contribution in [3.05, 3.63) is 17.2 Å². The van der Waals surface area contributed by atoms with Gasteiger partial charge in [-0.05, 0) is 12.8 Å². The number of unbranched alkanes of at least 4 members (excludes halogenated alkanes) is 1. The second kappa shape index (κ2) is 9.26. The number of hydrogen-bond acceptors (Lipinski definition) is 6. The summed E-state index contributed by atoms with van der Waals surface area (Å²) in [6.07, 6.45) is 1.69. The van der Waals surface area contributed by atoms with Gasteiger partial charge in [0.2, 0.25) is 11.8 Å². The number of carbonyl (C=O) groups is 2. The number of nitrogens with one attached hydrogen (secondary N) is 1. The molecule has 0 bridgehead atoms. The van der Waals surface area contributed by atoms with Gasteiger partial charge in [-0.15, -0.1) is 0 Å². The van der Waals surface area contributed by atoms with Crippen molar-refractivity contribution in [2.75, 3.05) is 31.8 Å². The van der Waals surface area contributed by atoms with Crippen LogP contribution in [-0.4, -0.2) is 47.6 Å². The van der Waals surface area contributed by atoms with Crippen molar-refractivity contribution in [2.24, 2.45) is 0 Å². The summed E-state index contributed by atoms with van der Waals surface area (Å²) in [5.41, 5.74) is 0.501. The van der Waals surface area contributed by atoms with E-state index in [0.29, 0.717) is 58.1 Å². The highest BCUT2D eigenvalue weighted by molar-refractivity contribution is 8.23. The SMILES string of the molecule is COc1cc(NC(=O)CCCCN2C(=O)CSC2=S)c(OC)cc1Cl. The second-order valence-electron chi connectivity index (χ2n) is 5.29. The fourth-order valence-electron chi connectivity index (χ4n) is 2.32. The van der Waals surface area contributed by atoms with Gasteiger partial charge in [0.1, 0.15) is 15.8 Å². The van der Waals surface area contributed by atoms with E-state index in [1.165, 1.54) is 26.0 Å². The lowest BCUT2D eigenvalue weighted by Gasteiger charge is -2.15. The summed E-state index contributed by atoms with van der Waals surface area (Å²) >= 11 is 12.5. The molecule has 0 saturated carbocycles. The number of anilines is 1. The zero-order valence-corrected chi connectivity index (χ0v) is 16.4. The van der Waals surface area contributed by atoms with E-state index < -0.39 is 0 Å². The Morgan fingerprint density at radius 1 is 1.32 bits per heavy atom. The highest BCUT2D eigenvalue weighted by Crippen LogP contribution is 2.35. The number of halogens is 1. The van der Waals surface area contributed by atoms with Crippen molar-refractivity contribution in [1.29, 1.82) is 0 Å². The number of benzene rings is 1. The molecule has 1 N–H and O–H groups in total. The first-order valence-electron chi connectivity index (χ1n) is 7.64. The van der Waals surface area contributed by atoms with Crippen LogP contribution in [0.15, 0.2) is 12.1 Å². The minimum Gasteiger partial charge on any atom is -0.495 e. The summed E-state index contributed by atoms with van der Waals surface area (Å²) in [6, 6.07) is 3.21. The Hall–Kier alpha value is -1.51. The van der Waals surface area contributed by atoms with Crippen molar-refractivity contribution < 1.29 is 19.1 Å². The molecule has 0 radical (unpaired) electrons. The van der Waals surface area contributed by atoms with Crippen molar-refractivity contribution in [3.63, 3.8) is 0 Å². The number of nitrogens with zero attached hydrogens (tertiary/aromatic N) is 1. The van der Waals surface area contributed by atoms with Crippen LogP contribution in [0.4, 0.5) is 5.69 Å². The van der Waals surface area contributed by atoms with Gasteiger partial charge in [-0.25, -0.2) is 0 Å². The van der Waals surface area contributed by atoms with Crippen LogP contribution >= 0.6 is 35.6 Å². The van der Waals surface area contributed by atoms with Crippen LogP contribution in [0.25, 0.3) is 0 Å². The molecule has 25 heavy (non-hydrogen) atoms. The van der Waals surface area contributed by atoms with Gasteiger partial charge in [-0.1, -0.05) is 35.6 Å². The normalized spacial score (nSPS) is 14.0. The molecule has 0 spiro atoms. The highest BCUT2D eigenvalue weighted by atomic mass is 35.5. The molecule has 1 aromatic carbocycles. The molecule has 0 unspecified atom stereocenters. The maximum absolute atomic E-state index is 12.1. The second-order valence-corrected chi connectivity index (χ2v) is 7.31. The van der Waals surface area contributed by atoms with E-state index in [0.717, 1.165) is 0 Å². The number of methoxy groups -OCH3 is 2. The van der Waals surface area contributed by atoms with Gasteiger partial charge in [0, 0.05) is 25.1 Å². The number of ether oxygens (including phenoxy) is 2. The van der Waals surface area contributed by atoms with Crippen LogP contribution < -0.4 is 14.8 Å². The molecule has 2 rings (SSSR count). The minimum absolute atomic E-state index is 0.0393. The maximum Gasteiger partial charge on any atom is 0.238 e. The molecular weight excluding hydrogens is 384 g/mol. The first-order valence-corrected chi connectivity index (χ1v) is 9.42. The van der Waals surface area contributed by atoms with E-state index in [1.807, 2.05) is 0 Å². The molecule has 0 aliphatic carbocycles. The summed E-state index contributed by atoms with van der Waals surface area (Å²) in [5.74, 6) is 1.22. The Balaban J connectivity index is 1.84. The van der Waals surface area contributed by atoms with Crippen LogP contribution in [0.5, 0.6) is 11.5 Å². The Morgan fingerprint density at radius 2 is 2.04 bits per heavy atom. The van der Waals surface area contributed by atoms with Crippen molar-refractivity contribution in [3.8, 4) is 11.5 Å². The van der Waals surface area contributed by atoms with E-state index in [1.54, 1.807) is 17.0 Å². The van der Waals surface area contributed by atoms with Gasteiger partial charge < -0.3 is 14.8 Å². The molecular formula is C16H19ClN2O4S2. The fourth-order valence-corrected chi connectivity index (χ4v) is 3.68. The van der Waals surface area contributed by atoms with Crippen LogP contribution in [0.3, 0.4) is 0 Å². The third-order valence-corrected chi connectivity index (χ3v) is 5.35. The number of hydrogen-bond donors (Lipinski definition) is 1. The fraction of sp³-hybridized carbons (Fsp3) is 0.438. The quantitative estimate of drug-likeness (QED) is 0.531. The van der Waals surface area contributed by atoms with E-state index >= 15 is 0 Å². The van der Waals surface area contributed by atoms with Crippen molar-refractivity contribution in [1.82, 2.24) is 4.90 Å². The van der Waals surface area contributed by atoms with Gasteiger partial charge in [0.15, 0.2) is 0 Å². The third-order valence-electron chi connectivity index (χ3n) is 3.62.